The van der Waals surface area contributed by atoms with Crippen molar-refractivity contribution >= 4 is 34.6 Å². The van der Waals surface area contributed by atoms with Crippen LogP contribution in [0.2, 0.25) is 0 Å². The molecule has 3 aromatic rings. The number of ketones is 1. The van der Waals surface area contributed by atoms with Crippen LogP contribution in [0.1, 0.15) is 36.6 Å². The van der Waals surface area contributed by atoms with Gasteiger partial charge in [0.05, 0.1) is 11.1 Å². The first kappa shape index (κ1) is 17.1. The summed E-state index contributed by atoms with van der Waals surface area (Å²) in [5, 5.41) is 19.1. The highest BCUT2D eigenvalue weighted by Gasteiger charge is 2.19. The molecule has 0 atom stereocenters. The number of carboxylic acid groups (broad SMARTS) is 2. The summed E-state index contributed by atoms with van der Waals surface area (Å²) < 4.78 is 0. The second kappa shape index (κ2) is 7.03. The summed E-state index contributed by atoms with van der Waals surface area (Å²) in [6.07, 6.45) is 3.04. The molecular formula is C21H14O5. The lowest BCUT2D eigenvalue weighted by Gasteiger charge is -2.09. The predicted molar refractivity (Wildman–Crippen MR) is 97.7 cm³/mol. The Morgan fingerprint density at radius 2 is 1.31 bits per heavy atom. The maximum absolute atomic E-state index is 12.6. The highest BCUT2D eigenvalue weighted by Crippen LogP contribution is 2.27. The predicted octanol–water partition coefficient (Wildman–Crippen LogP) is 4.13. The van der Waals surface area contributed by atoms with Crippen molar-refractivity contribution in [2.45, 2.75) is 0 Å². The fraction of sp³-hybridized carbons (Fsp3) is 0. The molecule has 0 aliphatic carbocycles. The summed E-state index contributed by atoms with van der Waals surface area (Å²) in [6, 6.07) is 16.3. The first-order valence-corrected chi connectivity index (χ1v) is 7.79. The van der Waals surface area contributed by atoms with Gasteiger partial charge in [0.25, 0.3) is 0 Å². The number of allylic oxidation sites excluding steroid dienone is 1. The molecule has 128 valence electrons. The van der Waals surface area contributed by atoms with Crippen molar-refractivity contribution in [1.82, 2.24) is 0 Å². The molecule has 26 heavy (non-hydrogen) atoms. The fourth-order valence-electron chi connectivity index (χ4n) is 2.80. The molecule has 0 amide bonds. The molecule has 5 nitrogen and oxygen atoms in total. The van der Waals surface area contributed by atoms with Crippen molar-refractivity contribution in [1.29, 1.82) is 0 Å². The molecule has 0 saturated carbocycles. The number of aromatic carboxylic acids is 2. The molecule has 0 aromatic heterocycles. The highest BCUT2D eigenvalue weighted by atomic mass is 16.4. The molecule has 0 radical (unpaired) electrons. The number of hydrogen-bond donors (Lipinski definition) is 2. The van der Waals surface area contributed by atoms with Crippen LogP contribution in [-0.2, 0) is 0 Å². The van der Waals surface area contributed by atoms with Crippen molar-refractivity contribution in [3.05, 3.63) is 89.0 Å². The Labute approximate surface area is 148 Å². The maximum Gasteiger partial charge on any atom is 0.336 e. The topological polar surface area (TPSA) is 91.7 Å². The summed E-state index contributed by atoms with van der Waals surface area (Å²) in [4.78, 5) is 35.6. The van der Waals surface area contributed by atoms with Crippen LogP contribution >= 0.6 is 0 Å². The third kappa shape index (κ3) is 3.23. The number of hydrogen-bond acceptors (Lipinski definition) is 3. The lowest BCUT2D eigenvalue weighted by molar-refractivity contribution is 0.0695. The number of carbonyl (C=O) groups excluding carboxylic acids is 1. The molecule has 0 heterocycles. The number of carbonyl (C=O) groups is 3. The second-order valence-electron chi connectivity index (χ2n) is 5.61. The van der Waals surface area contributed by atoms with Crippen LogP contribution in [0.15, 0.2) is 66.7 Å². The van der Waals surface area contributed by atoms with Gasteiger partial charge in [0.2, 0.25) is 0 Å². The number of carboxylic acids is 2. The second-order valence-corrected chi connectivity index (χ2v) is 5.61. The third-order valence-corrected chi connectivity index (χ3v) is 3.99. The summed E-state index contributed by atoms with van der Waals surface area (Å²) in [6.45, 7) is 0. The van der Waals surface area contributed by atoms with Crippen LogP contribution in [0.3, 0.4) is 0 Å². The molecule has 0 saturated heterocycles. The van der Waals surface area contributed by atoms with Gasteiger partial charge in [-0.3, -0.25) is 4.79 Å². The van der Waals surface area contributed by atoms with E-state index in [0.717, 1.165) is 5.56 Å². The van der Waals surface area contributed by atoms with Gasteiger partial charge in [-0.2, -0.15) is 0 Å². The minimum absolute atomic E-state index is 0.0476. The third-order valence-electron chi connectivity index (χ3n) is 3.99. The average Bonchev–Trinajstić information content (AvgIpc) is 2.65. The van der Waals surface area contributed by atoms with Gasteiger partial charge in [-0.05, 0) is 35.2 Å². The lowest BCUT2D eigenvalue weighted by atomic mass is 9.93. The van der Waals surface area contributed by atoms with Crippen LogP contribution in [0.25, 0.3) is 16.8 Å². The summed E-state index contributed by atoms with van der Waals surface area (Å²) in [7, 11) is 0. The van der Waals surface area contributed by atoms with Gasteiger partial charge in [0.15, 0.2) is 5.78 Å². The van der Waals surface area contributed by atoms with E-state index in [0.29, 0.717) is 5.39 Å². The first-order valence-electron chi connectivity index (χ1n) is 7.79. The largest absolute Gasteiger partial charge is 0.478 e. The van der Waals surface area contributed by atoms with Crippen LogP contribution in [-0.4, -0.2) is 27.9 Å². The van der Waals surface area contributed by atoms with Gasteiger partial charge < -0.3 is 10.2 Å². The average molecular weight is 346 g/mol. The Morgan fingerprint density at radius 3 is 1.96 bits per heavy atom. The zero-order chi connectivity index (χ0) is 18.7. The van der Waals surface area contributed by atoms with E-state index in [2.05, 4.69) is 0 Å². The zero-order valence-electron chi connectivity index (χ0n) is 13.5. The van der Waals surface area contributed by atoms with E-state index in [1.165, 1.54) is 30.3 Å². The molecule has 0 spiro atoms. The standard InChI is InChI=1S/C21H14O5/c22-18(12-9-13-5-2-1-3-6-13)14-10-11-17(21(25)26)19-15(14)7-4-8-16(19)20(23)24/h1-12H,(H,23,24)(H,25,26). The van der Waals surface area contributed by atoms with Gasteiger partial charge in [-0.15, -0.1) is 0 Å². The van der Waals surface area contributed by atoms with Crippen LogP contribution in [0.5, 0.6) is 0 Å². The normalized spacial score (nSPS) is 10.9. The zero-order valence-corrected chi connectivity index (χ0v) is 13.5. The Hall–Kier alpha value is -3.73. The van der Waals surface area contributed by atoms with E-state index < -0.39 is 11.9 Å². The smallest absolute Gasteiger partial charge is 0.336 e. The Kier molecular flexibility index (Phi) is 4.62. The van der Waals surface area contributed by atoms with E-state index in [1.807, 2.05) is 30.3 Å². The molecule has 0 unspecified atom stereocenters. The van der Waals surface area contributed by atoms with Crippen molar-refractivity contribution in [3.63, 3.8) is 0 Å². The quantitative estimate of drug-likeness (QED) is 0.535. The van der Waals surface area contributed by atoms with Crippen LogP contribution in [0, 0.1) is 0 Å². The Morgan fingerprint density at radius 1 is 0.692 bits per heavy atom. The van der Waals surface area contributed by atoms with Crippen molar-refractivity contribution in [2.75, 3.05) is 0 Å². The summed E-state index contributed by atoms with van der Waals surface area (Å²) >= 11 is 0. The van der Waals surface area contributed by atoms with Gasteiger partial charge in [-0.1, -0.05) is 48.5 Å². The number of rotatable bonds is 5. The molecule has 2 N–H and O–H groups in total. The van der Waals surface area contributed by atoms with Gasteiger partial charge in [-0.25, -0.2) is 9.59 Å². The van der Waals surface area contributed by atoms with Crippen LogP contribution in [0.4, 0.5) is 0 Å². The van der Waals surface area contributed by atoms with Gasteiger partial charge in [0, 0.05) is 10.9 Å². The van der Waals surface area contributed by atoms with E-state index in [1.54, 1.807) is 12.1 Å². The van der Waals surface area contributed by atoms with E-state index in [4.69, 9.17) is 0 Å². The Bertz CT molecular complexity index is 1030. The molecule has 3 rings (SSSR count). The van der Waals surface area contributed by atoms with Crippen LogP contribution < -0.4 is 0 Å². The molecule has 0 bridgehead atoms. The highest BCUT2D eigenvalue weighted by molar-refractivity contribution is 6.21. The van der Waals surface area contributed by atoms with Crippen molar-refractivity contribution in [3.8, 4) is 0 Å². The molecule has 0 fully saturated rings. The number of benzene rings is 3. The first-order chi connectivity index (χ1) is 12.5. The van der Waals surface area contributed by atoms with E-state index in [9.17, 15) is 24.6 Å². The molecule has 0 aliphatic heterocycles. The van der Waals surface area contributed by atoms with Gasteiger partial charge >= 0.3 is 11.9 Å². The number of fused-ring (bicyclic) bond motifs is 1. The Balaban J connectivity index is 2.16. The van der Waals surface area contributed by atoms with Gasteiger partial charge in [0.1, 0.15) is 0 Å². The molecular weight excluding hydrogens is 332 g/mol. The molecule has 0 aliphatic rings. The fourth-order valence-corrected chi connectivity index (χ4v) is 2.80. The lowest BCUT2D eigenvalue weighted by Crippen LogP contribution is -2.07. The monoisotopic (exact) mass is 346 g/mol. The van der Waals surface area contributed by atoms with Crippen molar-refractivity contribution < 1.29 is 24.6 Å². The van der Waals surface area contributed by atoms with E-state index in [-0.39, 0.29) is 27.9 Å². The minimum Gasteiger partial charge on any atom is -0.478 e. The molecule has 3 aromatic carbocycles. The minimum atomic E-state index is -1.25. The summed E-state index contributed by atoms with van der Waals surface area (Å²) in [5.74, 6) is -2.83. The SMILES string of the molecule is O=C(C=Cc1ccccc1)c1ccc(C(=O)O)c2c(C(=O)O)cccc12. The molecule has 5 heteroatoms. The maximum atomic E-state index is 12.6. The summed E-state index contributed by atoms with van der Waals surface area (Å²) in [5.41, 5.74) is 0.794. The van der Waals surface area contributed by atoms with E-state index >= 15 is 0 Å². The van der Waals surface area contributed by atoms with Crippen molar-refractivity contribution in [2.24, 2.45) is 0 Å².